The summed E-state index contributed by atoms with van der Waals surface area (Å²) in [6.07, 6.45) is 5.60. The third kappa shape index (κ3) is 2.70. The van der Waals surface area contributed by atoms with Crippen LogP contribution in [-0.4, -0.2) is 15.1 Å². The van der Waals surface area contributed by atoms with Gasteiger partial charge in [-0.15, -0.1) is 0 Å². The number of phenols is 1. The number of aromatic nitrogens is 2. The van der Waals surface area contributed by atoms with Crippen molar-refractivity contribution in [1.29, 1.82) is 0 Å². The molecule has 0 aliphatic carbocycles. The summed E-state index contributed by atoms with van der Waals surface area (Å²) < 4.78 is 0. The predicted octanol–water partition coefficient (Wildman–Crippen LogP) is 4.47. The van der Waals surface area contributed by atoms with Crippen LogP contribution >= 0.6 is 0 Å². The smallest absolute Gasteiger partial charge is 0.115 e. The van der Waals surface area contributed by atoms with E-state index in [0.717, 1.165) is 22.3 Å². The van der Waals surface area contributed by atoms with Crippen LogP contribution in [0.5, 0.6) is 5.75 Å². The number of hydrogen-bond donors (Lipinski definition) is 3. The summed E-state index contributed by atoms with van der Waals surface area (Å²) in [5.41, 5.74) is 4.27. The first-order valence-corrected chi connectivity index (χ1v) is 7.83. The van der Waals surface area contributed by atoms with Crippen LogP contribution in [0.25, 0.3) is 10.9 Å². The SMILES string of the molecule is Oc1ccc(C(Nc2cccnc2)c2c[nH]c3ccccc23)cc1. The van der Waals surface area contributed by atoms with Gasteiger partial charge in [0.1, 0.15) is 5.75 Å². The van der Waals surface area contributed by atoms with Crippen molar-refractivity contribution in [2.45, 2.75) is 6.04 Å². The molecule has 0 saturated carbocycles. The minimum Gasteiger partial charge on any atom is -0.508 e. The molecule has 118 valence electrons. The molecule has 1 atom stereocenters. The molecule has 2 aromatic heterocycles. The van der Waals surface area contributed by atoms with Gasteiger partial charge < -0.3 is 15.4 Å². The van der Waals surface area contributed by atoms with Crippen molar-refractivity contribution in [3.8, 4) is 5.75 Å². The third-order valence-corrected chi connectivity index (χ3v) is 4.13. The second-order valence-corrected chi connectivity index (χ2v) is 5.70. The summed E-state index contributed by atoms with van der Waals surface area (Å²) in [5.74, 6) is 0.262. The molecule has 4 heteroatoms. The number of pyridine rings is 1. The van der Waals surface area contributed by atoms with Gasteiger partial charge in [0.15, 0.2) is 0 Å². The molecule has 4 aromatic rings. The first-order chi connectivity index (χ1) is 11.8. The van der Waals surface area contributed by atoms with Crippen LogP contribution in [0.15, 0.2) is 79.3 Å². The fourth-order valence-corrected chi connectivity index (χ4v) is 2.96. The minimum absolute atomic E-state index is 0.0500. The van der Waals surface area contributed by atoms with E-state index >= 15 is 0 Å². The number of nitrogens with one attached hydrogen (secondary N) is 2. The Balaban J connectivity index is 1.82. The number of phenolic OH excluding ortho intramolecular Hbond substituents is 1. The Bertz CT molecular complexity index is 945. The standard InChI is InChI=1S/C20H17N3O/c24-16-9-7-14(8-10-16)20(23-15-4-3-11-21-12-15)18-13-22-19-6-2-1-5-17(18)19/h1-13,20,22-24H. The van der Waals surface area contributed by atoms with Gasteiger partial charge in [0, 0.05) is 35.1 Å². The monoisotopic (exact) mass is 315 g/mol. The van der Waals surface area contributed by atoms with Gasteiger partial charge >= 0.3 is 0 Å². The molecule has 1 unspecified atom stereocenters. The van der Waals surface area contributed by atoms with E-state index in [1.807, 2.05) is 48.8 Å². The number of aromatic hydroxyl groups is 1. The van der Waals surface area contributed by atoms with Crippen molar-refractivity contribution in [1.82, 2.24) is 9.97 Å². The van der Waals surface area contributed by atoms with Crippen molar-refractivity contribution in [2.75, 3.05) is 5.32 Å². The molecule has 0 saturated heterocycles. The van der Waals surface area contributed by atoms with Gasteiger partial charge in [0.05, 0.1) is 11.7 Å². The lowest BCUT2D eigenvalue weighted by molar-refractivity contribution is 0.475. The van der Waals surface area contributed by atoms with E-state index in [-0.39, 0.29) is 11.8 Å². The molecule has 0 bridgehead atoms. The topological polar surface area (TPSA) is 60.9 Å². The molecule has 0 amide bonds. The van der Waals surface area contributed by atoms with Crippen LogP contribution in [-0.2, 0) is 0 Å². The van der Waals surface area contributed by atoms with Crippen molar-refractivity contribution in [2.24, 2.45) is 0 Å². The lowest BCUT2D eigenvalue weighted by atomic mass is 9.97. The van der Waals surface area contributed by atoms with Gasteiger partial charge in [0.2, 0.25) is 0 Å². The zero-order valence-electron chi connectivity index (χ0n) is 13.0. The van der Waals surface area contributed by atoms with E-state index in [9.17, 15) is 5.11 Å². The quantitative estimate of drug-likeness (QED) is 0.521. The molecule has 0 aliphatic heterocycles. The second-order valence-electron chi connectivity index (χ2n) is 5.70. The number of hydrogen-bond acceptors (Lipinski definition) is 3. The molecule has 24 heavy (non-hydrogen) atoms. The zero-order valence-corrected chi connectivity index (χ0v) is 13.0. The molecule has 0 aliphatic rings. The summed E-state index contributed by atoms with van der Waals surface area (Å²) >= 11 is 0. The molecule has 3 N–H and O–H groups in total. The largest absolute Gasteiger partial charge is 0.508 e. The molecular formula is C20H17N3O. The molecule has 0 spiro atoms. The van der Waals surface area contributed by atoms with E-state index in [4.69, 9.17) is 0 Å². The highest BCUT2D eigenvalue weighted by Crippen LogP contribution is 2.32. The van der Waals surface area contributed by atoms with Crippen LogP contribution in [0.1, 0.15) is 17.2 Å². The maximum atomic E-state index is 9.59. The lowest BCUT2D eigenvalue weighted by Gasteiger charge is -2.20. The zero-order chi connectivity index (χ0) is 16.4. The fourth-order valence-electron chi connectivity index (χ4n) is 2.96. The molecule has 2 heterocycles. The van der Waals surface area contributed by atoms with E-state index in [1.54, 1.807) is 18.3 Å². The maximum Gasteiger partial charge on any atom is 0.115 e. The third-order valence-electron chi connectivity index (χ3n) is 4.13. The average molecular weight is 315 g/mol. The fraction of sp³-hybridized carbons (Fsp3) is 0.0500. The van der Waals surface area contributed by atoms with Crippen molar-refractivity contribution < 1.29 is 5.11 Å². The summed E-state index contributed by atoms with van der Waals surface area (Å²) in [6.45, 7) is 0. The first-order valence-electron chi connectivity index (χ1n) is 7.83. The van der Waals surface area contributed by atoms with E-state index in [1.165, 1.54) is 5.39 Å². The lowest BCUT2D eigenvalue weighted by Crippen LogP contribution is -2.12. The molecule has 2 aromatic carbocycles. The summed E-state index contributed by atoms with van der Waals surface area (Å²) in [4.78, 5) is 7.51. The number of anilines is 1. The average Bonchev–Trinajstić information content (AvgIpc) is 3.05. The number of H-pyrrole nitrogens is 1. The number of rotatable bonds is 4. The maximum absolute atomic E-state index is 9.59. The minimum atomic E-state index is -0.0500. The Labute approximate surface area is 139 Å². The molecule has 4 nitrogen and oxygen atoms in total. The Morgan fingerprint density at radius 1 is 0.958 bits per heavy atom. The number of aromatic amines is 1. The Morgan fingerprint density at radius 3 is 2.58 bits per heavy atom. The molecular weight excluding hydrogens is 298 g/mol. The van der Waals surface area contributed by atoms with E-state index in [0.29, 0.717) is 0 Å². The van der Waals surface area contributed by atoms with Gasteiger partial charge in [-0.25, -0.2) is 0 Å². The van der Waals surface area contributed by atoms with Crippen molar-refractivity contribution >= 4 is 16.6 Å². The second kappa shape index (κ2) is 6.08. The highest BCUT2D eigenvalue weighted by molar-refractivity contribution is 5.84. The summed E-state index contributed by atoms with van der Waals surface area (Å²) in [5, 5.41) is 14.3. The van der Waals surface area contributed by atoms with Crippen LogP contribution in [0.2, 0.25) is 0 Å². The van der Waals surface area contributed by atoms with Gasteiger partial charge in [-0.1, -0.05) is 30.3 Å². The Kier molecular flexibility index (Phi) is 3.63. The molecule has 4 rings (SSSR count). The van der Waals surface area contributed by atoms with Gasteiger partial charge in [-0.3, -0.25) is 4.98 Å². The van der Waals surface area contributed by atoms with Crippen LogP contribution in [0, 0.1) is 0 Å². The number of para-hydroxylation sites is 1. The van der Waals surface area contributed by atoms with Crippen LogP contribution < -0.4 is 5.32 Å². The highest BCUT2D eigenvalue weighted by atomic mass is 16.3. The van der Waals surface area contributed by atoms with E-state index in [2.05, 4.69) is 27.4 Å². The molecule has 0 fully saturated rings. The highest BCUT2D eigenvalue weighted by Gasteiger charge is 2.18. The molecule has 0 radical (unpaired) electrons. The van der Waals surface area contributed by atoms with Crippen molar-refractivity contribution in [3.63, 3.8) is 0 Å². The normalized spacial score (nSPS) is 12.2. The summed E-state index contributed by atoms with van der Waals surface area (Å²) in [7, 11) is 0. The summed E-state index contributed by atoms with van der Waals surface area (Å²) in [6, 6.07) is 19.4. The van der Waals surface area contributed by atoms with Gasteiger partial charge in [-0.05, 0) is 35.9 Å². The number of fused-ring (bicyclic) bond motifs is 1. The predicted molar refractivity (Wildman–Crippen MR) is 96.1 cm³/mol. The van der Waals surface area contributed by atoms with E-state index < -0.39 is 0 Å². The number of benzene rings is 2. The van der Waals surface area contributed by atoms with Crippen LogP contribution in [0.4, 0.5) is 5.69 Å². The Hall–Kier alpha value is -3.27. The van der Waals surface area contributed by atoms with Crippen LogP contribution in [0.3, 0.4) is 0 Å². The van der Waals surface area contributed by atoms with Crippen molar-refractivity contribution in [3.05, 3.63) is 90.4 Å². The first kappa shape index (κ1) is 14.3. The van der Waals surface area contributed by atoms with Gasteiger partial charge in [-0.2, -0.15) is 0 Å². The number of nitrogens with zero attached hydrogens (tertiary/aromatic N) is 1. The Morgan fingerprint density at radius 2 is 1.79 bits per heavy atom. The van der Waals surface area contributed by atoms with Gasteiger partial charge in [0.25, 0.3) is 0 Å².